The summed E-state index contributed by atoms with van der Waals surface area (Å²) in [5, 5.41) is 2.91. The van der Waals surface area contributed by atoms with Crippen molar-refractivity contribution in [2.45, 2.75) is 52.0 Å². The van der Waals surface area contributed by atoms with Gasteiger partial charge in [-0.1, -0.05) is 23.0 Å². The van der Waals surface area contributed by atoms with Gasteiger partial charge in [-0.25, -0.2) is 4.98 Å². The van der Waals surface area contributed by atoms with Crippen molar-refractivity contribution in [2.75, 3.05) is 5.32 Å². The summed E-state index contributed by atoms with van der Waals surface area (Å²) < 4.78 is 51.6. The molecular weight excluding hydrogens is 440 g/mol. The highest BCUT2D eigenvalue weighted by Gasteiger charge is 2.52. The molecule has 0 aliphatic carbocycles. The van der Waals surface area contributed by atoms with Crippen LogP contribution in [-0.4, -0.2) is 29.2 Å². The number of benzene rings is 2. The van der Waals surface area contributed by atoms with Crippen molar-refractivity contribution >= 4 is 45.2 Å². The Hall–Kier alpha value is -2.43. The first-order valence-corrected chi connectivity index (χ1v) is 10.8. The average molecular weight is 462 g/mol. The van der Waals surface area contributed by atoms with Crippen molar-refractivity contribution in [2.24, 2.45) is 0 Å². The molecule has 1 saturated heterocycles. The predicted octanol–water partition coefficient (Wildman–Crippen LogP) is 5.18. The van der Waals surface area contributed by atoms with E-state index in [1.165, 1.54) is 6.07 Å². The zero-order valence-electron chi connectivity index (χ0n) is 18.3. The molecule has 0 unspecified atom stereocenters. The van der Waals surface area contributed by atoms with Crippen LogP contribution < -0.4 is 10.8 Å². The van der Waals surface area contributed by atoms with Gasteiger partial charge in [-0.15, -0.1) is 0 Å². The van der Waals surface area contributed by atoms with Crippen molar-refractivity contribution in [3.63, 3.8) is 0 Å². The number of fused-ring (bicyclic) bond motifs is 1. The zero-order valence-corrected chi connectivity index (χ0v) is 19.1. The lowest BCUT2D eigenvalue weighted by Crippen LogP contribution is -2.41. The third kappa shape index (κ3) is 4.14. The van der Waals surface area contributed by atoms with E-state index in [0.29, 0.717) is 10.3 Å². The van der Waals surface area contributed by atoms with E-state index in [4.69, 9.17) is 9.31 Å². The summed E-state index contributed by atoms with van der Waals surface area (Å²) in [4.78, 5) is 17.0. The maximum absolute atomic E-state index is 12.9. The number of aromatic nitrogens is 1. The highest BCUT2D eigenvalue weighted by atomic mass is 32.1. The Morgan fingerprint density at radius 1 is 1.06 bits per heavy atom. The summed E-state index contributed by atoms with van der Waals surface area (Å²) in [6, 6.07) is 8.53. The number of halogens is 3. The molecule has 1 fully saturated rings. The number of carbonyl (C=O) groups excluding carboxylic acids is 1. The molecule has 1 N–H and O–H groups in total. The molecule has 32 heavy (non-hydrogen) atoms. The fraction of sp³-hybridized carbons (Fsp3) is 0.364. The van der Waals surface area contributed by atoms with Crippen molar-refractivity contribution in [1.82, 2.24) is 4.98 Å². The van der Waals surface area contributed by atoms with E-state index in [9.17, 15) is 18.0 Å². The number of thiazole rings is 1. The zero-order chi connectivity index (χ0) is 23.5. The maximum atomic E-state index is 12.9. The SMILES string of the molecule is Cc1ccc(C(=O)Nc2nc3cc(C(F)(F)F)ccc3s2)cc1B1OC(C)(C)C(C)(C)O1. The van der Waals surface area contributed by atoms with E-state index in [2.05, 4.69) is 10.3 Å². The number of aryl methyl sites for hydroxylation is 1. The molecule has 168 valence electrons. The number of hydrogen-bond acceptors (Lipinski definition) is 5. The topological polar surface area (TPSA) is 60.5 Å². The highest BCUT2D eigenvalue weighted by Crippen LogP contribution is 2.37. The number of hydrogen-bond donors (Lipinski definition) is 1. The monoisotopic (exact) mass is 462 g/mol. The molecule has 0 bridgehead atoms. The van der Waals surface area contributed by atoms with Crippen molar-refractivity contribution in [3.8, 4) is 0 Å². The van der Waals surface area contributed by atoms with Gasteiger partial charge in [-0.2, -0.15) is 13.2 Å². The molecule has 2 heterocycles. The third-order valence-electron chi connectivity index (χ3n) is 5.98. The summed E-state index contributed by atoms with van der Waals surface area (Å²) in [7, 11) is -0.615. The van der Waals surface area contributed by atoms with E-state index in [0.717, 1.165) is 34.5 Å². The molecule has 0 atom stereocenters. The lowest BCUT2D eigenvalue weighted by atomic mass is 9.75. The summed E-state index contributed by atoms with van der Waals surface area (Å²) >= 11 is 1.11. The molecule has 3 aromatic rings. The Bertz CT molecular complexity index is 1190. The Kier molecular flexibility index (Phi) is 5.38. The van der Waals surface area contributed by atoms with Crippen molar-refractivity contribution < 1.29 is 27.3 Å². The highest BCUT2D eigenvalue weighted by molar-refractivity contribution is 7.22. The number of carbonyl (C=O) groups is 1. The number of nitrogens with zero attached hydrogens (tertiary/aromatic N) is 1. The van der Waals surface area contributed by atoms with Crippen LogP contribution in [-0.2, 0) is 15.5 Å². The van der Waals surface area contributed by atoms with Crippen LogP contribution in [0.5, 0.6) is 0 Å². The number of amides is 1. The van der Waals surface area contributed by atoms with E-state index in [1.807, 2.05) is 40.7 Å². The first-order valence-electron chi connectivity index (χ1n) is 10.0. The van der Waals surface area contributed by atoms with Gasteiger partial charge in [0, 0.05) is 5.56 Å². The van der Waals surface area contributed by atoms with Crippen LogP contribution in [0.4, 0.5) is 18.3 Å². The quantitative estimate of drug-likeness (QED) is 0.546. The molecule has 5 nitrogen and oxygen atoms in total. The Balaban J connectivity index is 1.57. The van der Waals surface area contributed by atoms with E-state index in [-0.39, 0.29) is 10.6 Å². The van der Waals surface area contributed by atoms with Crippen molar-refractivity contribution in [1.29, 1.82) is 0 Å². The van der Waals surface area contributed by atoms with Crippen molar-refractivity contribution in [3.05, 3.63) is 53.1 Å². The Labute approximate surface area is 188 Å². The second-order valence-electron chi connectivity index (χ2n) is 8.81. The fourth-order valence-corrected chi connectivity index (χ4v) is 4.17. The second kappa shape index (κ2) is 7.57. The van der Waals surface area contributed by atoms with Gasteiger partial charge in [-0.05, 0) is 70.4 Å². The first kappa shape index (κ1) is 22.8. The van der Waals surface area contributed by atoms with E-state index >= 15 is 0 Å². The second-order valence-corrected chi connectivity index (χ2v) is 9.84. The van der Waals surface area contributed by atoms with Gasteiger partial charge in [0.15, 0.2) is 5.13 Å². The van der Waals surface area contributed by atoms with Gasteiger partial charge >= 0.3 is 13.3 Å². The van der Waals surface area contributed by atoms with Crippen LogP contribution in [0, 0.1) is 6.92 Å². The summed E-state index contributed by atoms with van der Waals surface area (Å²) in [6.07, 6.45) is -4.45. The van der Waals surface area contributed by atoms with Crippen LogP contribution in [0.25, 0.3) is 10.2 Å². The molecule has 1 aromatic heterocycles. The fourth-order valence-electron chi connectivity index (χ4n) is 3.33. The minimum Gasteiger partial charge on any atom is -0.399 e. The van der Waals surface area contributed by atoms with Crippen LogP contribution in [0.1, 0.15) is 49.2 Å². The normalized spacial score (nSPS) is 17.7. The molecule has 0 spiro atoms. The number of rotatable bonds is 3. The van der Waals surface area contributed by atoms with Gasteiger partial charge < -0.3 is 9.31 Å². The molecule has 1 aliphatic rings. The number of anilines is 1. The van der Waals surface area contributed by atoms with Crippen LogP contribution >= 0.6 is 11.3 Å². The van der Waals surface area contributed by atoms with Gasteiger partial charge in [0.2, 0.25) is 0 Å². The minimum atomic E-state index is -4.45. The van der Waals surface area contributed by atoms with Crippen LogP contribution in [0.3, 0.4) is 0 Å². The first-order chi connectivity index (χ1) is 14.8. The standard InChI is InChI=1S/C22H22BF3N2O3S/c1-12-6-7-13(10-15(12)23-30-20(2,3)21(4,5)31-23)18(29)28-19-27-16-11-14(22(24,25)26)8-9-17(16)32-19/h6-11H,1-5H3,(H,27,28,29). The Morgan fingerprint density at radius 2 is 1.72 bits per heavy atom. The largest absolute Gasteiger partial charge is 0.495 e. The van der Waals surface area contributed by atoms with Gasteiger partial charge in [0.25, 0.3) is 5.91 Å². The smallest absolute Gasteiger partial charge is 0.399 e. The van der Waals surface area contributed by atoms with Gasteiger partial charge in [0.05, 0.1) is 27.0 Å². The minimum absolute atomic E-state index is 0.182. The third-order valence-corrected chi connectivity index (χ3v) is 6.94. The van der Waals surface area contributed by atoms with E-state index in [1.54, 1.807) is 12.1 Å². The summed E-state index contributed by atoms with van der Waals surface area (Å²) in [5.74, 6) is -0.419. The summed E-state index contributed by atoms with van der Waals surface area (Å²) in [5.41, 5.74) is 0.406. The molecule has 4 rings (SSSR count). The van der Waals surface area contributed by atoms with Gasteiger partial charge in [0.1, 0.15) is 0 Å². The summed E-state index contributed by atoms with van der Waals surface area (Å²) in [6.45, 7) is 9.73. The molecular formula is C22H22BF3N2O3S. The Morgan fingerprint density at radius 3 is 2.34 bits per heavy atom. The van der Waals surface area contributed by atoms with E-state index < -0.39 is 36.0 Å². The van der Waals surface area contributed by atoms with Crippen LogP contribution in [0.15, 0.2) is 36.4 Å². The lowest BCUT2D eigenvalue weighted by molar-refractivity contribution is -0.137. The molecule has 10 heteroatoms. The molecule has 0 radical (unpaired) electrons. The van der Waals surface area contributed by atoms with Gasteiger partial charge in [-0.3, -0.25) is 10.1 Å². The predicted molar refractivity (Wildman–Crippen MR) is 119 cm³/mol. The maximum Gasteiger partial charge on any atom is 0.495 e. The molecule has 2 aromatic carbocycles. The molecule has 0 saturated carbocycles. The molecule has 1 amide bonds. The number of nitrogens with one attached hydrogen (secondary N) is 1. The lowest BCUT2D eigenvalue weighted by Gasteiger charge is -2.32. The molecule has 1 aliphatic heterocycles. The van der Waals surface area contributed by atoms with Crippen LogP contribution in [0.2, 0.25) is 0 Å². The number of alkyl halides is 3. The average Bonchev–Trinajstić information content (AvgIpc) is 3.17.